The minimum Gasteiger partial charge on any atom is -0.445 e. The Hall–Kier alpha value is -3.06. The van der Waals surface area contributed by atoms with Crippen LogP contribution in [0.4, 0.5) is 9.59 Å². The average Bonchev–Trinajstić information content (AvgIpc) is 2.76. The molecule has 2 aromatic rings. The van der Waals surface area contributed by atoms with Crippen LogP contribution in [0, 0.1) is 0 Å². The molecule has 0 unspecified atom stereocenters. The second kappa shape index (κ2) is 12.7. The summed E-state index contributed by atoms with van der Waals surface area (Å²) in [6.45, 7) is 7.72. The molecule has 0 aliphatic heterocycles. The maximum Gasteiger partial charge on any atom is 0.410 e. The Morgan fingerprint density at radius 1 is 0.938 bits per heavy atom. The lowest BCUT2D eigenvalue weighted by Gasteiger charge is -2.27. The second-order valence-corrected chi connectivity index (χ2v) is 8.62. The number of nitrogens with zero attached hydrogens (tertiary/aromatic N) is 1. The highest BCUT2D eigenvalue weighted by Gasteiger charge is 2.22. The van der Waals surface area contributed by atoms with Crippen LogP contribution in [0.1, 0.15) is 50.3 Å². The summed E-state index contributed by atoms with van der Waals surface area (Å²) in [5, 5.41) is 2.75. The van der Waals surface area contributed by atoms with Crippen molar-refractivity contribution in [3.8, 4) is 0 Å². The van der Waals surface area contributed by atoms with Crippen molar-refractivity contribution in [2.24, 2.45) is 5.73 Å². The van der Waals surface area contributed by atoms with Gasteiger partial charge in [0.2, 0.25) is 0 Å². The fraction of sp³-hybridized carbons (Fsp3) is 0.440. The fourth-order valence-corrected chi connectivity index (χ4v) is 2.95. The van der Waals surface area contributed by atoms with Crippen LogP contribution in [0.2, 0.25) is 0 Å². The average molecular weight is 442 g/mol. The van der Waals surface area contributed by atoms with Crippen molar-refractivity contribution >= 4 is 12.2 Å². The predicted octanol–water partition coefficient (Wildman–Crippen LogP) is 4.59. The Morgan fingerprint density at radius 2 is 1.59 bits per heavy atom. The van der Waals surface area contributed by atoms with E-state index in [-0.39, 0.29) is 12.7 Å². The fourth-order valence-electron chi connectivity index (χ4n) is 2.95. The number of benzene rings is 2. The topological polar surface area (TPSA) is 93.9 Å². The maximum absolute atomic E-state index is 12.7. The van der Waals surface area contributed by atoms with E-state index in [1.807, 2.05) is 75.4 Å². The van der Waals surface area contributed by atoms with Gasteiger partial charge in [0.15, 0.2) is 0 Å². The van der Waals surface area contributed by atoms with E-state index in [4.69, 9.17) is 15.2 Å². The summed E-state index contributed by atoms with van der Waals surface area (Å²) in [4.78, 5) is 26.2. The number of alkyl carbamates (subject to hydrolysis) is 1. The van der Waals surface area contributed by atoms with Crippen molar-refractivity contribution in [3.63, 3.8) is 0 Å². The quantitative estimate of drug-likeness (QED) is 0.526. The van der Waals surface area contributed by atoms with Crippen molar-refractivity contribution < 1.29 is 19.1 Å². The molecule has 0 saturated carbocycles. The van der Waals surface area contributed by atoms with Gasteiger partial charge in [-0.05, 0) is 50.3 Å². The normalized spacial score (nSPS) is 11.0. The summed E-state index contributed by atoms with van der Waals surface area (Å²) in [5.41, 5.74) is 8.09. The van der Waals surface area contributed by atoms with Gasteiger partial charge < -0.3 is 25.4 Å². The highest BCUT2D eigenvalue weighted by molar-refractivity contribution is 5.68. The number of carbonyl (C=O) groups excluding carboxylic acids is 2. The van der Waals surface area contributed by atoms with Crippen LogP contribution in [-0.4, -0.2) is 35.8 Å². The summed E-state index contributed by atoms with van der Waals surface area (Å²) in [5.74, 6) is 0. The Morgan fingerprint density at radius 3 is 2.22 bits per heavy atom. The number of nitrogens with two attached hydrogens (primary N) is 1. The molecule has 0 bridgehead atoms. The lowest BCUT2D eigenvalue weighted by molar-refractivity contribution is 0.0230. The number of ether oxygens (including phenoxy) is 2. The van der Waals surface area contributed by atoms with Gasteiger partial charge in [0.25, 0.3) is 0 Å². The smallest absolute Gasteiger partial charge is 0.410 e. The van der Waals surface area contributed by atoms with Crippen molar-refractivity contribution in [2.75, 3.05) is 13.1 Å². The molecule has 2 rings (SSSR count). The number of hydrogen-bond acceptors (Lipinski definition) is 5. The molecular weight excluding hydrogens is 406 g/mol. The first-order chi connectivity index (χ1) is 15.3. The molecule has 0 fully saturated rings. The first kappa shape index (κ1) is 25.2. The molecule has 0 radical (unpaired) electrons. The molecule has 7 nitrogen and oxygen atoms in total. The van der Waals surface area contributed by atoms with Gasteiger partial charge in [0, 0.05) is 26.2 Å². The predicted molar refractivity (Wildman–Crippen MR) is 125 cm³/mol. The number of unbranched alkanes of at least 4 members (excludes halogenated alkanes) is 1. The zero-order chi connectivity index (χ0) is 23.4. The van der Waals surface area contributed by atoms with Gasteiger partial charge in [-0.15, -0.1) is 0 Å². The van der Waals surface area contributed by atoms with Gasteiger partial charge in [-0.1, -0.05) is 54.6 Å². The van der Waals surface area contributed by atoms with Crippen molar-refractivity contribution in [2.45, 2.75) is 58.9 Å². The lowest BCUT2D eigenvalue weighted by atomic mass is 10.1. The molecule has 0 aromatic heterocycles. The van der Waals surface area contributed by atoms with Crippen molar-refractivity contribution in [1.29, 1.82) is 0 Å². The van der Waals surface area contributed by atoms with E-state index >= 15 is 0 Å². The zero-order valence-corrected chi connectivity index (χ0v) is 19.3. The lowest BCUT2D eigenvalue weighted by Crippen LogP contribution is -2.37. The molecule has 0 spiro atoms. The minimum atomic E-state index is -0.567. The van der Waals surface area contributed by atoms with Gasteiger partial charge in [0.05, 0.1) is 0 Å². The third-order valence-corrected chi connectivity index (χ3v) is 4.62. The highest BCUT2D eigenvalue weighted by atomic mass is 16.6. The molecular formula is C25H35N3O4. The molecule has 0 saturated heterocycles. The van der Waals surface area contributed by atoms with Gasteiger partial charge >= 0.3 is 12.2 Å². The molecule has 3 N–H and O–H groups in total. The number of amides is 2. The molecule has 0 aliphatic carbocycles. The minimum absolute atomic E-state index is 0.238. The Labute approximate surface area is 190 Å². The van der Waals surface area contributed by atoms with Gasteiger partial charge in [-0.2, -0.15) is 0 Å². The monoisotopic (exact) mass is 441 g/mol. The molecule has 174 valence electrons. The van der Waals surface area contributed by atoms with E-state index < -0.39 is 11.7 Å². The van der Waals surface area contributed by atoms with E-state index in [1.165, 1.54) is 0 Å². The number of nitrogens with one attached hydrogen (secondary N) is 1. The SMILES string of the molecule is CC(C)(C)OC(=O)N(CCCCNC(=O)OCc1ccccc1)Cc1ccc(CN)cc1. The maximum atomic E-state index is 12.7. The molecule has 0 heterocycles. The Kier molecular flexibility index (Phi) is 10.0. The third-order valence-electron chi connectivity index (χ3n) is 4.62. The Bertz CT molecular complexity index is 833. The van der Waals surface area contributed by atoms with E-state index in [9.17, 15) is 9.59 Å². The number of rotatable bonds is 10. The summed E-state index contributed by atoms with van der Waals surface area (Å²) in [6, 6.07) is 17.4. The van der Waals surface area contributed by atoms with Gasteiger partial charge in [-0.3, -0.25) is 0 Å². The van der Waals surface area contributed by atoms with E-state index in [2.05, 4.69) is 5.32 Å². The summed E-state index contributed by atoms with van der Waals surface area (Å²) in [7, 11) is 0. The van der Waals surface area contributed by atoms with Crippen molar-refractivity contribution in [3.05, 3.63) is 71.3 Å². The standard InChI is InChI=1S/C25H35N3O4/c1-25(2,3)32-24(30)28(18-21-13-11-20(17-26)12-14-21)16-8-7-15-27-23(29)31-19-22-9-5-4-6-10-22/h4-6,9-14H,7-8,15-19,26H2,1-3H3,(H,27,29). The molecule has 2 amide bonds. The van der Waals surface area contributed by atoms with Gasteiger partial charge in [0.1, 0.15) is 12.2 Å². The number of carbonyl (C=O) groups is 2. The van der Waals surface area contributed by atoms with Gasteiger partial charge in [-0.25, -0.2) is 9.59 Å². The van der Waals surface area contributed by atoms with Crippen LogP contribution < -0.4 is 11.1 Å². The molecule has 0 atom stereocenters. The van der Waals surface area contributed by atoms with Crippen LogP contribution in [0.25, 0.3) is 0 Å². The number of hydrogen-bond donors (Lipinski definition) is 2. The van der Waals surface area contributed by atoms with Crippen LogP contribution in [0.3, 0.4) is 0 Å². The summed E-state index contributed by atoms with van der Waals surface area (Å²) >= 11 is 0. The van der Waals surface area contributed by atoms with Crippen molar-refractivity contribution in [1.82, 2.24) is 10.2 Å². The zero-order valence-electron chi connectivity index (χ0n) is 19.3. The van der Waals surface area contributed by atoms with E-state index in [0.717, 1.165) is 23.1 Å². The molecule has 2 aromatic carbocycles. The van der Waals surface area contributed by atoms with E-state index in [1.54, 1.807) is 4.90 Å². The van der Waals surface area contributed by atoms with Crippen LogP contribution in [0.5, 0.6) is 0 Å². The van der Waals surface area contributed by atoms with Crippen LogP contribution in [-0.2, 0) is 29.2 Å². The second-order valence-electron chi connectivity index (χ2n) is 8.62. The van der Waals surface area contributed by atoms with E-state index in [0.29, 0.717) is 32.6 Å². The molecule has 32 heavy (non-hydrogen) atoms. The largest absolute Gasteiger partial charge is 0.445 e. The summed E-state index contributed by atoms with van der Waals surface area (Å²) in [6.07, 6.45) is 0.638. The molecule has 0 aliphatic rings. The highest BCUT2D eigenvalue weighted by Crippen LogP contribution is 2.14. The molecule has 7 heteroatoms. The summed E-state index contributed by atoms with van der Waals surface area (Å²) < 4.78 is 10.8. The first-order valence-corrected chi connectivity index (χ1v) is 11.0. The Balaban J connectivity index is 1.78. The first-order valence-electron chi connectivity index (χ1n) is 11.0. The van der Waals surface area contributed by atoms with Crippen LogP contribution >= 0.6 is 0 Å². The third kappa shape index (κ3) is 9.83. The van der Waals surface area contributed by atoms with Crippen LogP contribution in [0.15, 0.2) is 54.6 Å².